The number of allylic oxidation sites excluding steroid dienone is 1. The van der Waals surface area contributed by atoms with Crippen molar-refractivity contribution >= 4 is 6.08 Å². The molecule has 1 heteroatoms. The molecule has 1 nitrogen and oxygen atoms in total. The second-order valence-electron chi connectivity index (χ2n) is 4.29. The van der Waals surface area contributed by atoms with Crippen LogP contribution in [-0.2, 0) is 6.61 Å². The van der Waals surface area contributed by atoms with Crippen LogP contribution in [0, 0.1) is 0 Å². The molecule has 0 saturated carbocycles. The van der Waals surface area contributed by atoms with E-state index < -0.39 is 0 Å². The first kappa shape index (κ1) is 12.6. The van der Waals surface area contributed by atoms with Gasteiger partial charge in [-0.25, -0.2) is 0 Å². The highest BCUT2D eigenvalue weighted by molar-refractivity contribution is 5.67. The van der Waals surface area contributed by atoms with E-state index in [0.717, 1.165) is 12.0 Å². The van der Waals surface area contributed by atoms with Crippen LogP contribution in [0.15, 0.2) is 54.6 Å². The monoisotopic (exact) mass is 238 g/mol. The number of aliphatic hydroxyl groups excluding tert-OH is 1. The summed E-state index contributed by atoms with van der Waals surface area (Å²) in [6.07, 6.45) is 5.36. The summed E-state index contributed by atoms with van der Waals surface area (Å²) in [5.74, 6) is 0. The van der Waals surface area contributed by atoms with Gasteiger partial charge >= 0.3 is 0 Å². The third-order valence-corrected chi connectivity index (χ3v) is 2.90. The summed E-state index contributed by atoms with van der Waals surface area (Å²) in [4.78, 5) is 0. The summed E-state index contributed by atoms with van der Waals surface area (Å²) in [6, 6.07) is 16.5. The average Bonchev–Trinajstić information content (AvgIpc) is 2.45. The van der Waals surface area contributed by atoms with E-state index in [9.17, 15) is 0 Å². The minimum absolute atomic E-state index is 0.0968. The number of benzene rings is 2. The molecule has 0 saturated heterocycles. The Bertz CT molecular complexity index is 524. The lowest BCUT2D eigenvalue weighted by atomic mass is 10.0. The van der Waals surface area contributed by atoms with Crippen LogP contribution in [-0.4, -0.2) is 5.11 Å². The summed E-state index contributed by atoms with van der Waals surface area (Å²) in [6.45, 7) is 2.23. The van der Waals surface area contributed by atoms with Crippen molar-refractivity contribution in [3.05, 3.63) is 65.7 Å². The highest BCUT2D eigenvalue weighted by atomic mass is 16.3. The molecule has 0 spiro atoms. The molecule has 0 fully saturated rings. The van der Waals surface area contributed by atoms with Crippen LogP contribution < -0.4 is 0 Å². The largest absolute Gasteiger partial charge is 0.392 e. The van der Waals surface area contributed by atoms with Crippen LogP contribution in [0.25, 0.3) is 17.2 Å². The lowest BCUT2D eigenvalue weighted by Crippen LogP contribution is -1.83. The Labute approximate surface area is 108 Å². The molecular formula is C17H18O. The highest BCUT2D eigenvalue weighted by Gasteiger charge is 1.98. The molecule has 0 heterocycles. The fraction of sp³-hybridized carbons (Fsp3) is 0.176. The van der Waals surface area contributed by atoms with E-state index in [-0.39, 0.29) is 6.61 Å². The molecule has 0 unspecified atom stereocenters. The van der Waals surface area contributed by atoms with Crippen molar-refractivity contribution in [1.29, 1.82) is 0 Å². The fourth-order valence-corrected chi connectivity index (χ4v) is 1.88. The van der Waals surface area contributed by atoms with Gasteiger partial charge in [-0.3, -0.25) is 0 Å². The Morgan fingerprint density at radius 2 is 1.78 bits per heavy atom. The van der Waals surface area contributed by atoms with Gasteiger partial charge in [-0.15, -0.1) is 0 Å². The highest BCUT2D eigenvalue weighted by Crippen LogP contribution is 2.21. The van der Waals surface area contributed by atoms with Gasteiger partial charge in [-0.2, -0.15) is 0 Å². The van der Waals surface area contributed by atoms with Gasteiger partial charge in [0.15, 0.2) is 0 Å². The molecular weight excluding hydrogens is 220 g/mol. The summed E-state index contributed by atoms with van der Waals surface area (Å²) >= 11 is 0. The standard InChI is InChI=1S/C17H18O/c1-2-3-5-14-6-4-7-17(12-14)16-10-8-15(13-18)9-11-16/h3-12,18H,2,13H2,1H3/b5-3+. The Morgan fingerprint density at radius 1 is 1.00 bits per heavy atom. The van der Waals surface area contributed by atoms with Gasteiger partial charge < -0.3 is 5.11 Å². The van der Waals surface area contributed by atoms with Crippen molar-refractivity contribution in [2.75, 3.05) is 0 Å². The molecule has 2 aromatic carbocycles. The van der Waals surface area contributed by atoms with Crippen molar-refractivity contribution in [3.63, 3.8) is 0 Å². The molecule has 92 valence electrons. The van der Waals surface area contributed by atoms with Gasteiger partial charge in [-0.05, 0) is 34.7 Å². The SMILES string of the molecule is CC/C=C/c1cccc(-c2ccc(CO)cc2)c1. The number of aliphatic hydroxyl groups is 1. The Balaban J connectivity index is 2.29. The van der Waals surface area contributed by atoms with E-state index >= 15 is 0 Å². The van der Waals surface area contributed by atoms with Crippen molar-refractivity contribution < 1.29 is 5.11 Å². The normalized spacial score (nSPS) is 11.0. The summed E-state index contributed by atoms with van der Waals surface area (Å²) in [7, 11) is 0. The van der Waals surface area contributed by atoms with Crippen LogP contribution in [0.5, 0.6) is 0 Å². The lowest BCUT2D eigenvalue weighted by Gasteiger charge is -2.04. The van der Waals surface area contributed by atoms with Gasteiger partial charge in [0.05, 0.1) is 6.61 Å². The maximum atomic E-state index is 9.03. The third kappa shape index (κ3) is 3.08. The van der Waals surface area contributed by atoms with Crippen LogP contribution >= 0.6 is 0 Å². The summed E-state index contributed by atoms with van der Waals surface area (Å²) < 4.78 is 0. The summed E-state index contributed by atoms with van der Waals surface area (Å²) in [5.41, 5.74) is 4.55. The first-order valence-electron chi connectivity index (χ1n) is 6.30. The number of hydrogen-bond acceptors (Lipinski definition) is 1. The molecule has 18 heavy (non-hydrogen) atoms. The molecule has 0 aliphatic rings. The van der Waals surface area contributed by atoms with E-state index in [1.807, 2.05) is 24.3 Å². The Morgan fingerprint density at radius 3 is 2.44 bits per heavy atom. The molecule has 2 rings (SSSR count). The predicted molar refractivity (Wildman–Crippen MR) is 77.1 cm³/mol. The van der Waals surface area contributed by atoms with Crippen molar-refractivity contribution in [2.24, 2.45) is 0 Å². The number of rotatable bonds is 4. The maximum absolute atomic E-state index is 9.03. The molecule has 0 radical (unpaired) electrons. The molecule has 0 bridgehead atoms. The molecule has 0 atom stereocenters. The van der Waals surface area contributed by atoms with Gasteiger partial charge in [0.25, 0.3) is 0 Å². The molecule has 0 aromatic heterocycles. The zero-order valence-electron chi connectivity index (χ0n) is 10.6. The Kier molecular flexibility index (Phi) is 4.32. The van der Waals surface area contributed by atoms with Crippen molar-refractivity contribution in [3.8, 4) is 11.1 Å². The molecule has 1 N–H and O–H groups in total. The van der Waals surface area contributed by atoms with Crippen LogP contribution in [0.3, 0.4) is 0 Å². The molecule has 0 aliphatic carbocycles. The van der Waals surface area contributed by atoms with E-state index in [4.69, 9.17) is 5.11 Å². The smallest absolute Gasteiger partial charge is 0.0681 e. The van der Waals surface area contributed by atoms with Crippen LogP contribution in [0.2, 0.25) is 0 Å². The Hall–Kier alpha value is -1.86. The molecule has 0 amide bonds. The lowest BCUT2D eigenvalue weighted by molar-refractivity contribution is 0.282. The van der Waals surface area contributed by atoms with Gasteiger partial charge in [-0.1, -0.05) is 61.5 Å². The van der Waals surface area contributed by atoms with Gasteiger partial charge in [0.2, 0.25) is 0 Å². The van der Waals surface area contributed by atoms with Crippen LogP contribution in [0.1, 0.15) is 24.5 Å². The second-order valence-corrected chi connectivity index (χ2v) is 4.29. The second kappa shape index (κ2) is 6.18. The zero-order valence-corrected chi connectivity index (χ0v) is 10.6. The average molecular weight is 238 g/mol. The first-order chi connectivity index (χ1) is 8.83. The van der Waals surface area contributed by atoms with E-state index in [2.05, 4.69) is 43.3 Å². The van der Waals surface area contributed by atoms with Crippen molar-refractivity contribution in [2.45, 2.75) is 20.0 Å². The van der Waals surface area contributed by atoms with Crippen LogP contribution in [0.4, 0.5) is 0 Å². The fourth-order valence-electron chi connectivity index (χ4n) is 1.88. The minimum atomic E-state index is 0.0968. The van der Waals surface area contributed by atoms with Gasteiger partial charge in [0.1, 0.15) is 0 Å². The minimum Gasteiger partial charge on any atom is -0.392 e. The van der Waals surface area contributed by atoms with E-state index in [1.165, 1.54) is 16.7 Å². The van der Waals surface area contributed by atoms with E-state index in [0.29, 0.717) is 0 Å². The van der Waals surface area contributed by atoms with Gasteiger partial charge in [0, 0.05) is 0 Å². The van der Waals surface area contributed by atoms with Crippen molar-refractivity contribution in [1.82, 2.24) is 0 Å². The maximum Gasteiger partial charge on any atom is 0.0681 e. The quantitative estimate of drug-likeness (QED) is 0.843. The molecule has 0 aliphatic heterocycles. The predicted octanol–water partition coefficient (Wildman–Crippen LogP) is 4.27. The zero-order chi connectivity index (χ0) is 12.8. The topological polar surface area (TPSA) is 20.2 Å². The third-order valence-electron chi connectivity index (χ3n) is 2.90. The number of hydrogen-bond donors (Lipinski definition) is 1. The first-order valence-corrected chi connectivity index (χ1v) is 6.30. The molecule has 2 aromatic rings. The van der Waals surface area contributed by atoms with E-state index in [1.54, 1.807) is 0 Å². The summed E-state index contributed by atoms with van der Waals surface area (Å²) in [5, 5.41) is 9.03.